The van der Waals surface area contributed by atoms with Crippen molar-refractivity contribution >= 4 is 16.7 Å². The van der Waals surface area contributed by atoms with E-state index in [1.54, 1.807) is 6.07 Å². The highest BCUT2D eigenvalue weighted by molar-refractivity contribution is 6.03. The Hall–Kier alpha value is -3.26. The van der Waals surface area contributed by atoms with E-state index in [1.165, 1.54) is 12.1 Å². The summed E-state index contributed by atoms with van der Waals surface area (Å²) in [6, 6.07) is 8.80. The van der Waals surface area contributed by atoms with E-state index in [9.17, 15) is 18.7 Å². The van der Waals surface area contributed by atoms with Crippen molar-refractivity contribution in [2.75, 3.05) is 19.8 Å². The summed E-state index contributed by atoms with van der Waals surface area (Å²) in [5, 5.41) is 20.9. The van der Waals surface area contributed by atoms with Crippen LogP contribution in [0.1, 0.15) is 37.3 Å². The van der Waals surface area contributed by atoms with E-state index in [-0.39, 0.29) is 36.0 Å². The molecule has 0 spiro atoms. The van der Waals surface area contributed by atoms with E-state index in [2.05, 4.69) is 0 Å². The Kier molecular flexibility index (Phi) is 6.08. The van der Waals surface area contributed by atoms with Crippen LogP contribution in [0.15, 0.2) is 36.4 Å². The summed E-state index contributed by atoms with van der Waals surface area (Å²) in [7, 11) is 0. The molecule has 5 rings (SSSR count). The van der Waals surface area contributed by atoms with Crippen molar-refractivity contribution in [2.24, 2.45) is 11.8 Å². The van der Waals surface area contributed by atoms with Crippen molar-refractivity contribution in [3.63, 3.8) is 0 Å². The van der Waals surface area contributed by atoms with Crippen LogP contribution in [0.4, 0.5) is 8.78 Å². The molecule has 2 aliphatic rings. The number of ether oxygens (including phenoxy) is 2. The third-order valence-corrected chi connectivity index (χ3v) is 6.86. The Morgan fingerprint density at radius 3 is 2.59 bits per heavy atom. The number of carboxylic acids is 1. The molecule has 2 aromatic carbocycles. The number of benzene rings is 2. The zero-order valence-electron chi connectivity index (χ0n) is 18.5. The molecule has 2 N–H and O–H groups in total. The molecule has 6 nitrogen and oxygen atoms in total. The Morgan fingerprint density at radius 1 is 1.12 bits per heavy atom. The fourth-order valence-corrected chi connectivity index (χ4v) is 4.93. The summed E-state index contributed by atoms with van der Waals surface area (Å²) in [6.45, 7) is 1.42. The number of phenolic OH excluding ortho intramolecular Hbond substituents is 1. The van der Waals surface area contributed by atoms with Crippen LogP contribution >= 0.6 is 0 Å². The maximum absolute atomic E-state index is 14.2. The minimum atomic E-state index is -0.956. The zero-order chi connectivity index (χ0) is 23.8. The van der Waals surface area contributed by atoms with Gasteiger partial charge in [0.05, 0.1) is 23.6 Å². The van der Waals surface area contributed by atoms with E-state index < -0.39 is 17.6 Å². The summed E-state index contributed by atoms with van der Waals surface area (Å²) in [4.78, 5) is 15.9. The first-order valence-corrected chi connectivity index (χ1v) is 11.5. The Morgan fingerprint density at radius 2 is 1.88 bits per heavy atom. The molecule has 0 bridgehead atoms. The summed E-state index contributed by atoms with van der Waals surface area (Å²) >= 11 is 0. The molecule has 2 fully saturated rings. The topological polar surface area (TPSA) is 88.9 Å². The van der Waals surface area contributed by atoms with Crippen LogP contribution in [0.25, 0.3) is 21.9 Å². The van der Waals surface area contributed by atoms with Crippen molar-refractivity contribution in [3.05, 3.63) is 53.7 Å². The molecule has 1 saturated carbocycles. The first-order chi connectivity index (χ1) is 16.4. The number of carboxylic acid groups (broad SMARTS) is 1. The monoisotopic (exact) mass is 469 g/mol. The second-order valence-corrected chi connectivity index (χ2v) is 9.08. The van der Waals surface area contributed by atoms with Crippen LogP contribution < -0.4 is 4.74 Å². The number of hydrogen-bond acceptors (Lipinski definition) is 5. The van der Waals surface area contributed by atoms with E-state index in [4.69, 9.17) is 19.6 Å². The molecule has 1 saturated heterocycles. The van der Waals surface area contributed by atoms with Gasteiger partial charge in [0, 0.05) is 30.1 Å². The third-order valence-electron chi connectivity index (χ3n) is 6.86. The number of hydrogen-bond donors (Lipinski definition) is 2. The van der Waals surface area contributed by atoms with Gasteiger partial charge >= 0.3 is 5.97 Å². The highest BCUT2D eigenvalue weighted by Gasteiger charge is 2.35. The molecule has 0 unspecified atom stereocenters. The molecule has 0 atom stereocenters. The quantitative estimate of drug-likeness (QED) is 0.511. The minimum absolute atomic E-state index is 0.0195. The Bertz CT molecular complexity index is 1240. The molecule has 3 aromatic rings. The molecular weight excluding hydrogens is 444 g/mol. The first-order valence-electron chi connectivity index (χ1n) is 11.5. The van der Waals surface area contributed by atoms with Gasteiger partial charge in [-0.2, -0.15) is 0 Å². The predicted molar refractivity (Wildman–Crippen MR) is 121 cm³/mol. The smallest absolute Gasteiger partial charge is 0.306 e. The van der Waals surface area contributed by atoms with E-state index in [0.29, 0.717) is 53.6 Å². The van der Waals surface area contributed by atoms with E-state index in [0.717, 1.165) is 25.0 Å². The second kappa shape index (κ2) is 9.18. The van der Waals surface area contributed by atoms with Crippen molar-refractivity contribution in [1.82, 2.24) is 4.98 Å². The molecule has 34 heavy (non-hydrogen) atoms. The van der Waals surface area contributed by atoms with Crippen LogP contribution in [-0.2, 0) is 9.53 Å². The summed E-state index contributed by atoms with van der Waals surface area (Å²) in [6.07, 6.45) is 2.52. The van der Waals surface area contributed by atoms with Crippen LogP contribution in [-0.4, -0.2) is 41.0 Å². The van der Waals surface area contributed by atoms with Crippen molar-refractivity contribution in [1.29, 1.82) is 0 Å². The van der Waals surface area contributed by atoms with Gasteiger partial charge in [0.15, 0.2) is 11.6 Å². The number of aliphatic carboxylic acids is 1. The largest absolute Gasteiger partial charge is 0.507 e. The number of pyridine rings is 1. The normalized spacial score (nSPS) is 20.8. The third kappa shape index (κ3) is 4.18. The molecular formula is C26H25F2NO5. The van der Waals surface area contributed by atoms with Crippen molar-refractivity contribution in [3.8, 4) is 22.8 Å². The fourth-order valence-electron chi connectivity index (χ4n) is 4.93. The lowest BCUT2D eigenvalue weighted by Crippen LogP contribution is -2.33. The van der Waals surface area contributed by atoms with Gasteiger partial charge in [-0.1, -0.05) is 18.2 Å². The van der Waals surface area contributed by atoms with Gasteiger partial charge in [0.2, 0.25) is 5.88 Å². The van der Waals surface area contributed by atoms with Gasteiger partial charge in [-0.25, -0.2) is 13.8 Å². The highest BCUT2D eigenvalue weighted by atomic mass is 19.2. The van der Waals surface area contributed by atoms with Crippen molar-refractivity contribution in [2.45, 2.75) is 31.6 Å². The van der Waals surface area contributed by atoms with Crippen LogP contribution in [0, 0.1) is 23.5 Å². The Labute approximate surface area is 195 Å². The number of rotatable bonds is 6. The SMILES string of the molecule is O=C(O)C1CC(COc2nc(C3CCOCC3)c(-c3ccc(F)c(F)c3)c3cccc(O)c23)C1. The molecule has 2 heterocycles. The molecule has 0 amide bonds. The molecule has 178 valence electrons. The summed E-state index contributed by atoms with van der Waals surface area (Å²) < 4.78 is 39.5. The first kappa shape index (κ1) is 22.5. The number of fused-ring (bicyclic) bond motifs is 1. The average molecular weight is 469 g/mol. The summed E-state index contributed by atoms with van der Waals surface area (Å²) in [5.41, 5.74) is 1.80. The van der Waals surface area contributed by atoms with Crippen LogP contribution in [0.5, 0.6) is 11.6 Å². The average Bonchev–Trinajstić information content (AvgIpc) is 2.80. The van der Waals surface area contributed by atoms with E-state index >= 15 is 0 Å². The van der Waals surface area contributed by atoms with Gasteiger partial charge in [0.1, 0.15) is 5.75 Å². The van der Waals surface area contributed by atoms with E-state index in [1.807, 2.05) is 6.07 Å². The number of phenols is 1. The summed E-state index contributed by atoms with van der Waals surface area (Å²) in [5.74, 6) is -2.68. The minimum Gasteiger partial charge on any atom is -0.507 e. The zero-order valence-corrected chi connectivity index (χ0v) is 18.5. The number of carbonyl (C=O) groups is 1. The van der Waals surface area contributed by atoms with Crippen LogP contribution in [0.2, 0.25) is 0 Å². The second-order valence-electron chi connectivity index (χ2n) is 9.08. The predicted octanol–water partition coefficient (Wildman–Crippen LogP) is 5.27. The number of nitrogens with zero attached hydrogens (tertiary/aromatic N) is 1. The maximum atomic E-state index is 14.2. The van der Waals surface area contributed by atoms with Crippen LogP contribution in [0.3, 0.4) is 0 Å². The molecule has 1 aliphatic heterocycles. The highest BCUT2D eigenvalue weighted by Crippen LogP contribution is 2.44. The van der Waals surface area contributed by atoms with Gasteiger partial charge in [0.25, 0.3) is 0 Å². The van der Waals surface area contributed by atoms with Crippen molar-refractivity contribution < 1.29 is 33.3 Å². The standard InChI is InChI=1S/C26H25F2NO5/c27-19-5-4-16(12-20(19)28)22-18-2-1-3-21(30)23(18)25(29-24(22)15-6-8-33-9-7-15)34-13-14-10-17(11-14)26(31)32/h1-5,12,14-15,17,30H,6-11,13H2,(H,31,32). The maximum Gasteiger partial charge on any atom is 0.306 e. The number of halogens is 2. The molecule has 1 aromatic heterocycles. The number of aromatic nitrogens is 1. The van der Waals surface area contributed by atoms with Gasteiger partial charge in [-0.3, -0.25) is 4.79 Å². The number of aromatic hydroxyl groups is 1. The Balaban J connectivity index is 1.61. The van der Waals surface area contributed by atoms with Gasteiger partial charge < -0.3 is 19.7 Å². The lowest BCUT2D eigenvalue weighted by molar-refractivity contribution is -0.146. The fraction of sp³-hybridized carbons (Fsp3) is 0.385. The lowest BCUT2D eigenvalue weighted by Gasteiger charge is -2.32. The van der Waals surface area contributed by atoms with Gasteiger partial charge in [-0.05, 0) is 55.4 Å². The molecule has 1 aliphatic carbocycles. The molecule has 0 radical (unpaired) electrons. The van der Waals surface area contributed by atoms with Gasteiger partial charge in [-0.15, -0.1) is 0 Å². The molecule has 8 heteroatoms. The lowest BCUT2D eigenvalue weighted by atomic mass is 9.75.